The Bertz CT molecular complexity index is 326. The summed E-state index contributed by atoms with van der Waals surface area (Å²) in [6.07, 6.45) is 3.16. The molecule has 1 heterocycles. The molecule has 0 saturated heterocycles. The molecule has 0 fully saturated rings. The van der Waals surface area contributed by atoms with Crippen molar-refractivity contribution in [2.45, 2.75) is 0 Å². The molecule has 0 aliphatic heterocycles. The Hall–Kier alpha value is -1.49. The van der Waals surface area contributed by atoms with E-state index in [1.54, 1.807) is 25.4 Å². The van der Waals surface area contributed by atoms with E-state index in [1.165, 1.54) is 6.20 Å². The van der Waals surface area contributed by atoms with Crippen molar-refractivity contribution in [1.82, 2.24) is 15.6 Å². The zero-order valence-corrected chi connectivity index (χ0v) is 8.60. The van der Waals surface area contributed by atoms with E-state index in [4.69, 9.17) is 12.2 Å². The van der Waals surface area contributed by atoms with Crippen LogP contribution in [0.1, 0.15) is 10.4 Å². The Morgan fingerprint density at radius 2 is 2.43 bits per heavy atom. The molecule has 5 heteroatoms. The summed E-state index contributed by atoms with van der Waals surface area (Å²) in [5, 5.41) is 5.96. The Morgan fingerprint density at radius 3 is 3.00 bits per heavy atom. The molecular formula is C9H11N3OS. The minimum Gasteiger partial charge on any atom is -0.366 e. The largest absolute Gasteiger partial charge is 0.366 e. The Labute approximate surface area is 87.7 Å². The molecule has 0 spiro atoms. The number of Topliss-reactive ketones (excluding diaryl/α,β-unsaturated/α-hetero) is 1. The van der Waals surface area contributed by atoms with Crippen molar-refractivity contribution in [3.8, 4) is 0 Å². The molecule has 0 aliphatic carbocycles. The fourth-order valence-electron chi connectivity index (χ4n) is 0.879. The second-order valence-electron chi connectivity index (χ2n) is 2.60. The van der Waals surface area contributed by atoms with Crippen LogP contribution in [0, 0.1) is 0 Å². The first-order valence-electron chi connectivity index (χ1n) is 4.13. The van der Waals surface area contributed by atoms with E-state index >= 15 is 0 Å². The Balaban J connectivity index is 2.48. The minimum atomic E-state index is -0.0318. The highest BCUT2D eigenvalue weighted by Crippen LogP contribution is 1.95. The highest BCUT2D eigenvalue weighted by Gasteiger charge is 2.04. The highest BCUT2D eigenvalue weighted by molar-refractivity contribution is 7.80. The monoisotopic (exact) mass is 209 g/mol. The van der Waals surface area contributed by atoms with E-state index in [9.17, 15) is 4.79 Å². The van der Waals surface area contributed by atoms with Crippen LogP contribution < -0.4 is 10.6 Å². The van der Waals surface area contributed by atoms with Crippen LogP contribution in [-0.4, -0.2) is 29.5 Å². The number of hydrogen-bond donors (Lipinski definition) is 2. The third-order valence-corrected chi connectivity index (χ3v) is 1.97. The summed E-state index contributed by atoms with van der Waals surface area (Å²) in [4.78, 5) is 15.3. The number of nitrogens with one attached hydrogen (secondary N) is 2. The number of nitrogens with zero attached hydrogens (tertiary/aromatic N) is 1. The summed E-state index contributed by atoms with van der Waals surface area (Å²) in [7, 11) is 1.70. The van der Waals surface area contributed by atoms with Gasteiger partial charge in [0.25, 0.3) is 0 Å². The fraction of sp³-hybridized carbons (Fsp3) is 0.222. The second kappa shape index (κ2) is 5.29. The number of carbonyl (C=O) groups is 1. The molecule has 0 radical (unpaired) electrons. The molecule has 14 heavy (non-hydrogen) atoms. The first-order valence-corrected chi connectivity index (χ1v) is 4.53. The first-order chi connectivity index (χ1) is 6.74. The molecule has 0 aromatic carbocycles. The fourth-order valence-corrected chi connectivity index (χ4v) is 0.951. The topological polar surface area (TPSA) is 54.0 Å². The van der Waals surface area contributed by atoms with Crippen molar-refractivity contribution < 1.29 is 4.79 Å². The van der Waals surface area contributed by atoms with Crippen molar-refractivity contribution in [2.24, 2.45) is 0 Å². The second-order valence-corrected chi connectivity index (χ2v) is 3.01. The summed E-state index contributed by atoms with van der Waals surface area (Å²) in [5.41, 5.74) is 0.582. The summed E-state index contributed by atoms with van der Waals surface area (Å²) in [6, 6.07) is 3.45. The normalized spacial score (nSPS) is 9.21. The Kier molecular flexibility index (Phi) is 4.00. The summed E-state index contributed by atoms with van der Waals surface area (Å²) in [6.45, 7) is 0.186. The average molecular weight is 209 g/mol. The molecule has 0 saturated carbocycles. The van der Waals surface area contributed by atoms with E-state index in [2.05, 4.69) is 15.6 Å². The molecule has 0 bridgehead atoms. The van der Waals surface area contributed by atoms with Crippen molar-refractivity contribution in [3.05, 3.63) is 30.1 Å². The number of ketones is 1. The molecule has 0 aliphatic rings. The van der Waals surface area contributed by atoms with Gasteiger partial charge < -0.3 is 10.6 Å². The quantitative estimate of drug-likeness (QED) is 0.556. The van der Waals surface area contributed by atoms with Crippen LogP contribution in [0.2, 0.25) is 0 Å². The van der Waals surface area contributed by atoms with Gasteiger partial charge >= 0.3 is 0 Å². The van der Waals surface area contributed by atoms with Crippen LogP contribution in [0.3, 0.4) is 0 Å². The summed E-state index contributed by atoms with van der Waals surface area (Å²) in [5.74, 6) is -0.0318. The number of carbonyl (C=O) groups excluding carboxylic acids is 1. The van der Waals surface area contributed by atoms with Gasteiger partial charge in [-0.15, -0.1) is 0 Å². The number of pyridine rings is 1. The van der Waals surface area contributed by atoms with E-state index in [1.807, 2.05) is 0 Å². The van der Waals surface area contributed by atoms with Gasteiger partial charge in [-0.2, -0.15) is 0 Å². The van der Waals surface area contributed by atoms with Crippen molar-refractivity contribution in [1.29, 1.82) is 0 Å². The number of hydrogen-bond acceptors (Lipinski definition) is 3. The average Bonchev–Trinajstić information content (AvgIpc) is 2.26. The van der Waals surface area contributed by atoms with Gasteiger partial charge in [-0.3, -0.25) is 9.78 Å². The lowest BCUT2D eigenvalue weighted by atomic mass is 10.2. The van der Waals surface area contributed by atoms with Crippen LogP contribution in [0.4, 0.5) is 0 Å². The van der Waals surface area contributed by atoms with Crippen molar-refractivity contribution >= 4 is 23.1 Å². The summed E-state index contributed by atoms with van der Waals surface area (Å²) >= 11 is 4.83. The third kappa shape index (κ3) is 3.10. The standard InChI is InChI=1S/C9H11N3OS/c1-10-9(14)12-6-8(13)7-3-2-4-11-5-7/h2-5H,6H2,1H3,(H2,10,12,14). The molecule has 1 rings (SSSR count). The molecule has 2 N–H and O–H groups in total. The van der Waals surface area contributed by atoms with Crippen LogP contribution in [0.15, 0.2) is 24.5 Å². The van der Waals surface area contributed by atoms with Gasteiger partial charge in [-0.1, -0.05) is 0 Å². The van der Waals surface area contributed by atoms with E-state index in [0.29, 0.717) is 10.7 Å². The van der Waals surface area contributed by atoms with E-state index < -0.39 is 0 Å². The van der Waals surface area contributed by atoms with Gasteiger partial charge in [0.2, 0.25) is 0 Å². The summed E-state index contributed by atoms with van der Waals surface area (Å²) < 4.78 is 0. The zero-order chi connectivity index (χ0) is 10.4. The highest BCUT2D eigenvalue weighted by atomic mass is 32.1. The predicted octanol–water partition coefficient (Wildman–Crippen LogP) is 0.358. The van der Waals surface area contributed by atoms with Crippen molar-refractivity contribution in [3.63, 3.8) is 0 Å². The maximum atomic E-state index is 11.5. The molecule has 1 aromatic rings. The van der Waals surface area contributed by atoms with Gasteiger partial charge in [0, 0.05) is 25.0 Å². The van der Waals surface area contributed by atoms with Crippen LogP contribution in [0.5, 0.6) is 0 Å². The van der Waals surface area contributed by atoms with E-state index in [-0.39, 0.29) is 12.3 Å². The molecule has 0 atom stereocenters. The van der Waals surface area contributed by atoms with Gasteiger partial charge in [0.1, 0.15) is 0 Å². The zero-order valence-electron chi connectivity index (χ0n) is 7.78. The molecule has 1 aromatic heterocycles. The maximum absolute atomic E-state index is 11.5. The van der Waals surface area contributed by atoms with Crippen LogP contribution >= 0.6 is 12.2 Å². The van der Waals surface area contributed by atoms with Crippen molar-refractivity contribution in [2.75, 3.05) is 13.6 Å². The molecule has 74 valence electrons. The molecule has 0 unspecified atom stereocenters. The predicted molar refractivity (Wildman–Crippen MR) is 58.2 cm³/mol. The lowest BCUT2D eigenvalue weighted by molar-refractivity contribution is 0.0996. The van der Waals surface area contributed by atoms with Gasteiger partial charge in [-0.05, 0) is 24.4 Å². The third-order valence-electron chi connectivity index (χ3n) is 1.62. The minimum absolute atomic E-state index is 0.0318. The number of aromatic nitrogens is 1. The van der Waals surface area contributed by atoms with Gasteiger partial charge in [0.15, 0.2) is 10.9 Å². The Morgan fingerprint density at radius 1 is 1.64 bits per heavy atom. The molecule has 4 nitrogen and oxygen atoms in total. The molecular weight excluding hydrogens is 198 g/mol. The molecule has 0 amide bonds. The number of rotatable bonds is 3. The van der Waals surface area contributed by atoms with Gasteiger partial charge in [0.05, 0.1) is 6.54 Å². The SMILES string of the molecule is CNC(=S)NCC(=O)c1cccnc1. The maximum Gasteiger partial charge on any atom is 0.183 e. The smallest absolute Gasteiger partial charge is 0.183 e. The first kappa shape index (κ1) is 10.6. The lowest BCUT2D eigenvalue weighted by Crippen LogP contribution is -2.36. The van der Waals surface area contributed by atoms with Gasteiger partial charge in [-0.25, -0.2) is 0 Å². The lowest BCUT2D eigenvalue weighted by Gasteiger charge is -2.05. The number of thiocarbonyl (C=S) groups is 1. The van der Waals surface area contributed by atoms with Crippen LogP contribution in [0.25, 0.3) is 0 Å². The van der Waals surface area contributed by atoms with Crippen LogP contribution in [-0.2, 0) is 0 Å². The van der Waals surface area contributed by atoms with E-state index in [0.717, 1.165) is 0 Å².